The summed E-state index contributed by atoms with van der Waals surface area (Å²) in [7, 11) is 0. The minimum atomic E-state index is -0.233. The molecule has 0 radical (unpaired) electrons. The minimum absolute atomic E-state index is 0.205. The molecule has 7 heteroatoms. The highest BCUT2D eigenvalue weighted by Crippen LogP contribution is 2.33. The van der Waals surface area contributed by atoms with Crippen molar-refractivity contribution in [2.75, 3.05) is 29.0 Å². The van der Waals surface area contributed by atoms with E-state index < -0.39 is 0 Å². The smallest absolute Gasteiger partial charge is 0.257 e. The van der Waals surface area contributed by atoms with Crippen LogP contribution < -0.4 is 16.0 Å². The van der Waals surface area contributed by atoms with E-state index in [2.05, 4.69) is 33.0 Å². The normalized spacial score (nSPS) is 15.4. The molecule has 4 aromatic carbocycles. The topological polar surface area (TPSA) is 90.5 Å². The zero-order valence-electron chi connectivity index (χ0n) is 23.4. The number of ketones is 1. The molecule has 210 valence electrons. The summed E-state index contributed by atoms with van der Waals surface area (Å²) >= 11 is 0. The van der Waals surface area contributed by atoms with Gasteiger partial charge < -0.3 is 16.0 Å². The lowest BCUT2D eigenvalue weighted by Gasteiger charge is -2.14. The summed E-state index contributed by atoms with van der Waals surface area (Å²) in [6.45, 7) is 5.16. The molecule has 0 bridgehead atoms. The minimum Gasteiger partial charge on any atom is -0.361 e. The van der Waals surface area contributed by atoms with Crippen molar-refractivity contribution in [3.8, 4) is 0 Å². The Hall–Kier alpha value is -5.01. The zero-order valence-corrected chi connectivity index (χ0v) is 23.4. The molecule has 2 amide bonds. The highest BCUT2D eigenvalue weighted by atomic mass is 16.2. The van der Waals surface area contributed by atoms with E-state index in [9.17, 15) is 14.4 Å². The van der Waals surface area contributed by atoms with Crippen LogP contribution in [0.1, 0.15) is 55.8 Å². The Morgan fingerprint density at radius 1 is 0.857 bits per heavy atom. The van der Waals surface area contributed by atoms with Gasteiger partial charge >= 0.3 is 0 Å². The summed E-state index contributed by atoms with van der Waals surface area (Å²) in [5, 5.41) is 9.00. The van der Waals surface area contributed by atoms with Gasteiger partial charge in [0.25, 0.3) is 11.8 Å². The summed E-state index contributed by atoms with van der Waals surface area (Å²) in [5.41, 5.74) is 6.86. The molecule has 0 spiro atoms. The summed E-state index contributed by atoms with van der Waals surface area (Å²) in [4.78, 5) is 41.4. The highest BCUT2D eigenvalue weighted by Gasteiger charge is 2.25. The fraction of sp³-hybridized carbons (Fsp3) is 0.171. The van der Waals surface area contributed by atoms with E-state index in [1.165, 1.54) is 18.4 Å². The van der Waals surface area contributed by atoms with E-state index in [0.717, 1.165) is 36.4 Å². The maximum Gasteiger partial charge on any atom is 0.257 e. The van der Waals surface area contributed by atoms with Crippen LogP contribution in [0.3, 0.4) is 0 Å². The number of anilines is 3. The highest BCUT2D eigenvalue weighted by molar-refractivity contribution is 6.32. The van der Waals surface area contributed by atoms with Crippen LogP contribution in [0.2, 0.25) is 0 Å². The Morgan fingerprint density at radius 2 is 1.62 bits per heavy atom. The third-order valence-corrected chi connectivity index (χ3v) is 7.78. The van der Waals surface area contributed by atoms with Crippen molar-refractivity contribution in [2.24, 2.45) is 0 Å². The molecule has 2 heterocycles. The molecule has 1 fully saturated rings. The first-order valence-electron chi connectivity index (χ1n) is 14.2. The molecule has 0 atom stereocenters. The monoisotopic (exact) mass is 556 g/mol. The number of rotatable bonds is 8. The van der Waals surface area contributed by atoms with Gasteiger partial charge in [0.05, 0.1) is 5.57 Å². The van der Waals surface area contributed by atoms with E-state index in [1.54, 1.807) is 54.7 Å². The van der Waals surface area contributed by atoms with Crippen molar-refractivity contribution >= 4 is 40.2 Å². The molecular weight excluding hydrogens is 524 g/mol. The Labute approximate surface area is 245 Å². The van der Waals surface area contributed by atoms with Gasteiger partial charge in [0.2, 0.25) is 0 Å². The quantitative estimate of drug-likeness (QED) is 0.171. The molecule has 0 unspecified atom stereocenters. The number of hydrogen-bond donors (Lipinski definition) is 3. The average molecular weight is 557 g/mol. The van der Waals surface area contributed by atoms with Crippen molar-refractivity contribution < 1.29 is 14.4 Å². The first-order valence-corrected chi connectivity index (χ1v) is 14.2. The van der Waals surface area contributed by atoms with E-state index in [1.807, 2.05) is 37.3 Å². The largest absolute Gasteiger partial charge is 0.361 e. The molecule has 2 aliphatic rings. The predicted octanol–water partition coefficient (Wildman–Crippen LogP) is 6.48. The molecule has 4 aromatic rings. The number of nitrogens with zero attached hydrogens (tertiary/aromatic N) is 1. The molecule has 0 aliphatic carbocycles. The van der Waals surface area contributed by atoms with Gasteiger partial charge in [0, 0.05) is 52.1 Å². The van der Waals surface area contributed by atoms with Crippen molar-refractivity contribution in [2.45, 2.75) is 26.3 Å². The molecule has 0 aromatic heterocycles. The lowest BCUT2D eigenvalue weighted by Crippen LogP contribution is -2.18. The van der Waals surface area contributed by atoms with Crippen LogP contribution in [0.4, 0.5) is 17.1 Å². The van der Waals surface area contributed by atoms with Gasteiger partial charge in [-0.05, 0) is 80.4 Å². The van der Waals surface area contributed by atoms with Gasteiger partial charge in [0.15, 0.2) is 5.78 Å². The molecule has 1 saturated heterocycles. The number of fused-ring (bicyclic) bond motifs is 1. The second-order valence-corrected chi connectivity index (χ2v) is 10.8. The van der Waals surface area contributed by atoms with Gasteiger partial charge in [-0.3, -0.25) is 19.3 Å². The van der Waals surface area contributed by atoms with Crippen molar-refractivity contribution in [3.63, 3.8) is 0 Å². The average Bonchev–Trinajstić information content (AvgIpc) is 3.63. The maximum atomic E-state index is 13.4. The molecule has 7 nitrogen and oxygen atoms in total. The fourth-order valence-electron chi connectivity index (χ4n) is 5.47. The molecular formula is C35H32N4O3. The van der Waals surface area contributed by atoms with E-state index in [-0.39, 0.29) is 17.6 Å². The zero-order chi connectivity index (χ0) is 29.1. The number of benzene rings is 4. The SMILES string of the molecule is Cc1ccccc1C(=O)Nc1cccc(C(=O)c2ccc3c(c2)NC(=O)/C3=C\Nc2ccc(CN3CCCC3)cc2)c1. The lowest BCUT2D eigenvalue weighted by molar-refractivity contribution is -0.110. The number of amides is 2. The molecule has 6 rings (SSSR count). The fourth-order valence-corrected chi connectivity index (χ4v) is 5.47. The summed E-state index contributed by atoms with van der Waals surface area (Å²) in [6.07, 6.45) is 4.25. The third kappa shape index (κ3) is 5.87. The lowest BCUT2D eigenvalue weighted by atomic mass is 9.99. The Bertz CT molecular complexity index is 1700. The second kappa shape index (κ2) is 11.8. The molecule has 0 saturated carbocycles. The van der Waals surface area contributed by atoms with Crippen LogP contribution in [0.25, 0.3) is 5.57 Å². The second-order valence-electron chi connectivity index (χ2n) is 10.8. The van der Waals surface area contributed by atoms with Crippen LogP contribution in [-0.2, 0) is 11.3 Å². The predicted molar refractivity (Wildman–Crippen MR) is 167 cm³/mol. The number of carbonyl (C=O) groups excluding carboxylic acids is 3. The molecule has 42 heavy (non-hydrogen) atoms. The number of carbonyl (C=O) groups is 3. The van der Waals surface area contributed by atoms with Crippen molar-refractivity contribution in [1.29, 1.82) is 0 Å². The Kier molecular flexibility index (Phi) is 7.66. The van der Waals surface area contributed by atoms with Crippen molar-refractivity contribution in [3.05, 3.63) is 131 Å². The molecule has 2 aliphatic heterocycles. The Morgan fingerprint density at radius 3 is 2.40 bits per heavy atom. The van der Waals surface area contributed by atoms with Crippen LogP contribution >= 0.6 is 0 Å². The van der Waals surface area contributed by atoms with Gasteiger partial charge in [0.1, 0.15) is 0 Å². The van der Waals surface area contributed by atoms with E-state index in [4.69, 9.17) is 0 Å². The van der Waals surface area contributed by atoms with Crippen LogP contribution in [0.5, 0.6) is 0 Å². The number of likely N-dealkylation sites (tertiary alicyclic amines) is 1. The summed E-state index contributed by atoms with van der Waals surface area (Å²) in [6, 6.07) is 27.7. The number of nitrogens with one attached hydrogen (secondary N) is 3. The van der Waals surface area contributed by atoms with E-state index >= 15 is 0 Å². The summed E-state index contributed by atoms with van der Waals surface area (Å²) < 4.78 is 0. The maximum absolute atomic E-state index is 13.4. The summed E-state index contributed by atoms with van der Waals surface area (Å²) in [5.74, 6) is -0.666. The van der Waals surface area contributed by atoms with Crippen molar-refractivity contribution in [1.82, 2.24) is 4.90 Å². The van der Waals surface area contributed by atoms with E-state index in [0.29, 0.717) is 33.6 Å². The van der Waals surface area contributed by atoms with Crippen LogP contribution in [-0.4, -0.2) is 35.6 Å². The van der Waals surface area contributed by atoms with Gasteiger partial charge in [-0.1, -0.05) is 54.6 Å². The first kappa shape index (κ1) is 27.2. The number of hydrogen-bond acceptors (Lipinski definition) is 5. The first-order chi connectivity index (χ1) is 20.4. The van der Waals surface area contributed by atoms with Gasteiger partial charge in [-0.2, -0.15) is 0 Å². The van der Waals surface area contributed by atoms with Crippen LogP contribution in [0, 0.1) is 6.92 Å². The third-order valence-electron chi connectivity index (χ3n) is 7.78. The number of aryl methyl sites for hydroxylation is 1. The van der Waals surface area contributed by atoms with Crippen LogP contribution in [0.15, 0.2) is 97.2 Å². The van der Waals surface area contributed by atoms with Gasteiger partial charge in [-0.25, -0.2) is 0 Å². The van der Waals surface area contributed by atoms with Gasteiger partial charge in [-0.15, -0.1) is 0 Å². The molecule has 3 N–H and O–H groups in total. The Balaban J connectivity index is 1.14. The standard InChI is InChI=1S/C35H32N4O3/c1-23-7-2-3-10-29(23)34(41)37-28-9-6-8-25(19-28)33(40)26-13-16-30-31(35(42)38-32(30)20-26)21-36-27-14-11-24(12-15-27)22-39-17-4-5-18-39/h2-3,6-16,19-21,36H,4-5,17-18,22H2,1H3,(H,37,41)(H,38,42)/b31-21-.